The maximum absolute atomic E-state index is 11.3. The molecule has 0 saturated heterocycles. The van der Waals surface area contributed by atoms with Crippen LogP contribution < -0.4 is 5.32 Å². The Hall–Kier alpha value is -1.65. The minimum atomic E-state index is -0.457. The Kier molecular flexibility index (Phi) is 4.93. The van der Waals surface area contributed by atoms with Crippen LogP contribution in [-0.4, -0.2) is 29.3 Å². The second-order valence-corrected chi connectivity index (χ2v) is 5.74. The second-order valence-electron chi connectivity index (χ2n) is 5.74. The lowest BCUT2D eigenvalue weighted by atomic mass is 9.78. The van der Waals surface area contributed by atoms with E-state index in [1.807, 2.05) is 0 Å². The molecule has 1 aliphatic carbocycles. The van der Waals surface area contributed by atoms with E-state index in [2.05, 4.69) is 34.1 Å². The summed E-state index contributed by atoms with van der Waals surface area (Å²) in [6.45, 7) is 4.55. The van der Waals surface area contributed by atoms with Crippen LogP contribution in [0.1, 0.15) is 50.0 Å². The second kappa shape index (κ2) is 6.68. The van der Waals surface area contributed by atoms with Crippen LogP contribution in [0.4, 0.5) is 5.82 Å². The monoisotopic (exact) mass is 277 g/mol. The van der Waals surface area contributed by atoms with E-state index in [9.17, 15) is 4.79 Å². The summed E-state index contributed by atoms with van der Waals surface area (Å²) in [6, 6.07) is 3.89. The average molecular weight is 277 g/mol. The highest BCUT2D eigenvalue weighted by atomic mass is 16.5. The Morgan fingerprint density at radius 1 is 1.30 bits per heavy atom. The van der Waals surface area contributed by atoms with E-state index in [1.165, 1.54) is 32.8 Å². The van der Waals surface area contributed by atoms with Crippen LogP contribution in [0.2, 0.25) is 0 Å². The molecule has 20 heavy (non-hydrogen) atoms. The normalized spacial score (nSPS) is 22.6. The molecule has 0 aliphatic heterocycles. The van der Waals surface area contributed by atoms with Crippen molar-refractivity contribution < 1.29 is 9.53 Å². The minimum Gasteiger partial charge on any atom is -0.464 e. The van der Waals surface area contributed by atoms with E-state index in [0.717, 1.165) is 5.82 Å². The van der Waals surface area contributed by atoms with E-state index in [-0.39, 0.29) is 5.69 Å². The Bertz CT molecular complexity index is 445. The Morgan fingerprint density at radius 3 is 2.65 bits per heavy atom. The van der Waals surface area contributed by atoms with E-state index >= 15 is 0 Å². The lowest BCUT2D eigenvalue weighted by Crippen LogP contribution is -2.35. The fraction of sp³-hybridized carbons (Fsp3) is 0.667. The summed E-state index contributed by atoms with van der Waals surface area (Å²) in [5.41, 5.74) is 0.238. The molecule has 1 N–H and O–H groups in total. The molecule has 2 atom stereocenters. The van der Waals surface area contributed by atoms with Gasteiger partial charge in [0.15, 0.2) is 5.69 Å². The van der Waals surface area contributed by atoms with Crippen molar-refractivity contribution in [2.24, 2.45) is 11.8 Å². The zero-order chi connectivity index (χ0) is 14.5. The van der Waals surface area contributed by atoms with Crippen LogP contribution in [0.3, 0.4) is 0 Å². The summed E-state index contributed by atoms with van der Waals surface area (Å²) in [5.74, 6) is 1.61. The molecule has 0 amide bonds. The van der Waals surface area contributed by atoms with E-state index in [1.54, 1.807) is 12.1 Å². The molecule has 1 saturated carbocycles. The highest BCUT2D eigenvalue weighted by Crippen LogP contribution is 2.31. The molecule has 1 aromatic rings. The number of hydrogen-bond donors (Lipinski definition) is 1. The third-order valence-electron chi connectivity index (χ3n) is 4.07. The van der Waals surface area contributed by atoms with Gasteiger partial charge in [-0.2, -0.15) is 0 Å². The number of nitrogens with zero attached hydrogens (tertiary/aromatic N) is 2. The van der Waals surface area contributed by atoms with Crippen LogP contribution in [0.5, 0.6) is 0 Å². The van der Waals surface area contributed by atoms with E-state index in [4.69, 9.17) is 0 Å². The largest absolute Gasteiger partial charge is 0.464 e. The molecule has 0 spiro atoms. The molecule has 5 nitrogen and oxygen atoms in total. The number of carbonyl (C=O) groups is 1. The van der Waals surface area contributed by atoms with Gasteiger partial charge in [-0.1, -0.05) is 26.7 Å². The molecular formula is C15H23N3O2. The number of carbonyl (C=O) groups excluding carboxylic acids is 1. The molecule has 1 aromatic heterocycles. The van der Waals surface area contributed by atoms with Gasteiger partial charge in [0.05, 0.1) is 7.11 Å². The maximum Gasteiger partial charge on any atom is 0.358 e. The number of hydrogen-bond acceptors (Lipinski definition) is 5. The highest BCUT2D eigenvalue weighted by Gasteiger charge is 2.27. The molecule has 2 rings (SSSR count). The van der Waals surface area contributed by atoms with Crippen LogP contribution in [-0.2, 0) is 4.74 Å². The average Bonchev–Trinajstić information content (AvgIpc) is 2.47. The van der Waals surface area contributed by atoms with Gasteiger partial charge in [-0.05, 0) is 36.8 Å². The summed E-state index contributed by atoms with van der Waals surface area (Å²) in [7, 11) is 1.34. The number of aromatic nitrogens is 2. The summed E-state index contributed by atoms with van der Waals surface area (Å²) in [6.07, 6.45) is 5.01. The Balaban J connectivity index is 2.03. The lowest BCUT2D eigenvalue weighted by Gasteiger charge is -2.35. The van der Waals surface area contributed by atoms with Crippen molar-refractivity contribution in [3.05, 3.63) is 17.8 Å². The fourth-order valence-corrected chi connectivity index (χ4v) is 2.95. The first kappa shape index (κ1) is 14.8. The molecule has 1 fully saturated rings. The lowest BCUT2D eigenvalue weighted by molar-refractivity contribution is 0.0593. The fourth-order valence-electron chi connectivity index (χ4n) is 2.95. The van der Waals surface area contributed by atoms with Gasteiger partial charge in [0.25, 0.3) is 0 Å². The highest BCUT2D eigenvalue weighted by molar-refractivity contribution is 5.86. The quantitative estimate of drug-likeness (QED) is 0.857. The maximum atomic E-state index is 11.3. The zero-order valence-electron chi connectivity index (χ0n) is 12.4. The minimum absolute atomic E-state index is 0.238. The first-order chi connectivity index (χ1) is 9.61. The van der Waals surface area contributed by atoms with Crippen molar-refractivity contribution >= 4 is 11.8 Å². The van der Waals surface area contributed by atoms with Crippen LogP contribution >= 0.6 is 0 Å². The van der Waals surface area contributed by atoms with Gasteiger partial charge in [0.1, 0.15) is 5.82 Å². The topological polar surface area (TPSA) is 64.1 Å². The number of esters is 1. The van der Waals surface area contributed by atoms with Gasteiger partial charge in [0, 0.05) is 6.04 Å². The van der Waals surface area contributed by atoms with Gasteiger partial charge in [0.2, 0.25) is 0 Å². The van der Waals surface area contributed by atoms with Crippen molar-refractivity contribution in [2.75, 3.05) is 12.4 Å². The first-order valence-electron chi connectivity index (χ1n) is 7.30. The van der Waals surface area contributed by atoms with Crippen molar-refractivity contribution in [1.29, 1.82) is 0 Å². The summed E-state index contributed by atoms with van der Waals surface area (Å²) >= 11 is 0. The Labute approximate surface area is 120 Å². The van der Waals surface area contributed by atoms with Crippen LogP contribution in [0, 0.1) is 11.8 Å². The molecule has 0 aromatic carbocycles. The molecule has 5 heteroatoms. The van der Waals surface area contributed by atoms with Crippen molar-refractivity contribution in [3.63, 3.8) is 0 Å². The zero-order valence-corrected chi connectivity index (χ0v) is 12.4. The molecule has 0 radical (unpaired) electrons. The molecule has 0 bridgehead atoms. The van der Waals surface area contributed by atoms with Gasteiger partial charge in [-0.15, -0.1) is 10.2 Å². The third kappa shape index (κ3) is 3.46. The summed E-state index contributed by atoms with van der Waals surface area (Å²) in [5, 5.41) is 11.4. The number of nitrogens with one attached hydrogen (secondary N) is 1. The molecule has 1 aliphatic rings. The van der Waals surface area contributed by atoms with Crippen molar-refractivity contribution in [3.8, 4) is 0 Å². The Morgan fingerprint density at radius 2 is 2.05 bits per heavy atom. The summed E-state index contributed by atoms with van der Waals surface area (Å²) < 4.78 is 4.61. The first-order valence-corrected chi connectivity index (χ1v) is 7.30. The number of rotatable bonds is 4. The molecule has 1 heterocycles. The molecule has 110 valence electrons. The van der Waals surface area contributed by atoms with Gasteiger partial charge in [-0.3, -0.25) is 0 Å². The van der Waals surface area contributed by atoms with E-state index in [0.29, 0.717) is 17.9 Å². The van der Waals surface area contributed by atoms with Gasteiger partial charge >= 0.3 is 5.97 Å². The number of ether oxygens (including phenoxy) is 1. The third-order valence-corrected chi connectivity index (χ3v) is 4.07. The van der Waals surface area contributed by atoms with Crippen LogP contribution in [0.25, 0.3) is 0 Å². The number of methoxy groups -OCH3 is 1. The predicted molar refractivity (Wildman–Crippen MR) is 77.6 cm³/mol. The summed E-state index contributed by atoms with van der Waals surface area (Å²) in [4.78, 5) is 11.3. The SMILES string of the molecule is COC(=O)c1ccc(NC2CCCCC2C(C)C)nn1. The van der Waals surface area contributed by atoms with Gasteiger partial charge in [-0.25, -0.2) is 4.79 Å². The van der Waals surface area contributed by atoms with Crippen molar-refractivity contribution in [2.45, 2.75) is 45.6 Å². The smallest absolute Gasteiger partial charge is 0.358 e. The molecule has 2 unspecified atom stereocenters. The van der Waals surface area contributed by atoms with Crippen LogP contribution in [0.15, 0.2) is 12.1 Å². The van der Waals surface area contributed by atoms with Gasteiger partial charge < -0.3 is 10.1 Å². The molecular weight excluding hydrogens is 254 g/mol. The standard InChI is InChI=1S/C15H23N3O2/c1-10(2)11-6-4-5-7-12(11)16-14-9-8-13(17-18-14)15(19)20-3/h8-12H,4-7H2,1-3H3,(H,16,18). The predicted octanol–water partition coefficient (Wildman–Crippen LogP) is 2.89. The van der Waals surface area contributed by atoms with E-state index < -0.39 is 5.97 Å². The number of anilines is 1. The van der Waals surface area contributed by atoms with Crippen molar-refractivity contribution in [1.82, 2.24) is 10.2 Å².